The maximum atomic E-state index is 13.2. The van der Waals surface area contributed by atoms with Crippen LogP contribution in [0.3, 0.4) is 0 Å². The lowest BCUT2D eigenvalue weighted by molar-refractivity contribution is 0.627. The van der Waals surface area contributed by atoms with Gasteiger partial charge >= 0.3 is 0 Å². The number of pyridine rings is 1. The third-order valence-electron chi connectivity index (χ3n) is 4.36. The summed E-state index contributed by atoms with van der Waals surface area (Å²) in [6.45, 7) is 0.584. The first-order valence-electron chi connectivity index (χ1n) is 8.89. The highest BCUT2D eigenvalue weighted by Gasteiger charge is 2.11. The van der Waals surface area contributed by atoms with Crippen molar-refractivity contribution in [2.45, 2.75) is 13.0 Å². The van der Waals surface area contributed by atoms with E-state index >= 15 is 0 Å². The van der Waals surface area contributed by atoms with E-state index < -0.39 is 0 Å². The molecular formula is C22H18ClFN4. The van der Waals surface area contributed by atoms with Gasteiger partial charge in [0.25, 0.3) is 0 Å². The molecule has 0 fully saturated rings. The Morgan fingerprint density at radius 1 is 0.929 bits per heavy atom. The summed E-state index contributed by atoms with van der Waals surface area (Å²) >= 11 is 6.03. The predicted molar refractivity (Wildman–Crippen MR) is 109 cm³/mol. The predicted octanol–water partition coefficient (Wildman–Crippen LogP) is 5.26. The second-order valence-electron chi connectivity index (χ2n) is 6.39. The highest BCUT2D eigenvalue weighted by atomic mass is 35.5. The Labute approximate surface area is 167 Å². The second-order valence-corrected chi connectivity index (χ2v) is 6.82. The van der Waals surface area contributed by atoms with Crippen LogP contribution in [0.15, 0.2) is 79.3 Å². The lowest BCUT2D eigenvalue weighted by Gasteiger charge is -2.08. The van der Waals surface area contributed by atoms with Crippen LogP contribution in [-0.4, -0.2) is 14.5 Å². The van der Waals surface area contributed by atoms with Crippen molar-refractivity contribution in [2.75, 3.05) is 5.32 Å². The van der Waals surface area contributed by atoms with Gasteiger partial charge in [0, 0.05) is 41.4 Å². The number of anilines is 1. The summed E-state index contributed by atoms with van der Waals surface area (Å²) in [5.74, 6) is 0.632. The normalized spacial score (nSPS) is 10.8. The Bertz CT molecular complexity index is 1040. The van der Waals surface area contributed by atoms with Gasteiger partial charge < -0.3 is 9.88 Å². The fourth-order valence-electron chi connectivity index (χ4n) is 2.95. The number of aromatic nitrogens is 3. The van der Waals surface area contributed by atoms with Gasteiger partial charge in [0.05, 0.1) is 12.2 Å². The van der Waals surface area contributed by atoms with Crippen LogP contribution in [0.25, 0.3) is 5.69 Å². The zero-order valence-electron chi connectivity index (χ0n) is 15.0. The van der Waals surface area contributed by atoms with Crippen LogP contribution in [0.5, 0.6) is 0 Å². The molecule has 0 radical (unpaired) electrons. The molecule has 0 bridgehead atoms. The molecule has 0 amide bonds. The average molecular weight is 393 g/mol. The molecule has 4 nitrogen and oxygen atoms in total. The fraction of sp³-hybridized carbons (Fsp3) is 0.0909. The maximum absolute atomic E-state index is 13.2. The molecule has 0 aliphatic carbocycles. The largest absolute Gasteiger partial charge is 0.379 e. The number of halogens is 2. The number of imidazole rings is 1. The Hall–Kier alpha value is -3.18. The van der Waals surface area contributed by atoms with E-state index in [1.54, 1.807) is 24.5 Å². The summed E-state index contributed by atoms with van der Waals surface area (Å²) < 4.78 is 15.3. The van der Waals surface area contributed by atoms with E-state index in [0.29, 0.717) is 18.0 Å². The Kier molecular flexibility index (Phi) is 5.35. The molecule has 0 saturated carbocycles. The molecule has 140 valence electrons. The van der Waals surface area contributed by atoms with E-state index in [9.17, 15) is 4.39 Å². The Morgan fingerprint density at radius 2 is 1.64 bits per heavy atom. The molecule has 1 N–H and O–H groups in total. The van der Waals surface area contributed by atoms with Crippen LogP contribution in [0, 0.1) is 5.82 Å². The average Bonchev–Trinajstić information content (AvgIpc) is 3.12. The molecule has 6 heteroatoms. The Morgan fingerprint density at radius 3 is 2.36 bits per heavy atom. The van der Waals surface area contributed by atoms with E-state index in [1.165, 1.54) is 12.1 Å². The van der Waals surface area contributed by atoms with Gasteiger partial charge in [-0.05, 0) is 54.1 Å². The lowest BCUT2D eigenvalue weighted by Crippen LogP contribution is -2.01. The van der Waals surface area contributed by atoms with Crippen molar-refractivity contribution in [3.05, 3.63) is 107 Å². The van der Waals surface area contributed by atoms with Crippen molar-refractivity contribution in [3.8, 4) is 5.69 Å². The SMILES string of the molecule is Fc1ccc(Cc2nc(CNc3ccncc3)cn2-c2ccc(Cl)cc2)cc1. The summed E-state index contributed by atoms with van der Waals surface area (Å²) in [6, 6.07) is 18.0. The van der Waals surface area contributed by atoms with Crippen LogP contribution in [0.4, 0.5) is 10.1 Å². The first-order chi connectivity index (χ1) is 13.7. The van der Waals surface area contributed by atoms with Crippen molar-refractivity contribution in [3.63, 3.8) is 0 Å². The standard InChI is InChI=1S/C22H18ClFN4/c23-17-3-7-21(8-4-17)28-15-20(14-26-19-9-11-25-12-10-19)27-22(28)13-16-1-5-18(24)6-2-16/h1-12,15H,13-14H2,(H,25,26). The lowest BCUT2D eigenvalue weighted by atomic mass is 10.1. The summed E-state index contributed by atoms with van der Waals surface area (Å²) in [7, 11) is 0. The van der Waals surface area contributed by atoms with E-state index in [-0.39, 0.29) is 5.82 Å². The number of rotatable bonds is 6. The maximum Gasteiger partial charge on any atom is 0.123 e. The number of hydrogen-bond donors (Lipinski definition) is 1. The molecule has 0 aliphatic rings. The molecule has 4 aromatic rings. The number of nitrogens with zero attached hydrogens (tertiary/aromatic N) is 3. The van der Waals surface area contributed by atoms with Crippen LogP contribution in [-0.2, 0) is 13.0 Å². The highest BCUT2D eigenvalue weighted by Crippen LogP contribution is 2.19. The quantitative estimate of drug-likeness (QED) is 0.486. The monoisotopic (exact) mass is 392 g/mol. The van der Waals surface area contributed by atoms with Crippen molar-refractivity contribution in [2.24, 2.45) is 0 Å². The van der Waals surface area contributed by atoms with Gasteiger partial charge in [-0.1, -0.05) is 23.7 Å². The van der Waals surface area contributed by atoms with Crippen molar-refractivity contribution in [1.82, 2.24) is 14.5 Å². The summed E-state index contributed by atoms with van der Waals surface area (Å²) in [6.07, 6.45) is 6.09. The van der Waals surface area contributed by atoms with Gasteiger partial charge in [0.15, 0.2) is 0 Å². The van der Waals surface area contributed by atoms with Gasteiger partial charge in [0.2, 0.25) is 0 Å². The molecule has 2 heterocycles. The topological polar surface area (TPSA) is 42.7 Å². The van der Waals surface area contributed by atoms with Crippen molar-refractivity contribution >= 4 is 17.3 Å². The minimum Gasteiger partial charge on any atom is -0.379 e. The second kappa shape index (κ2) is 8.23. The number of benzene rings is 2. The molecule has 0 saturated heterocycles. The smallest absolute Gasteiger partial charge is 0.123 e. The first kappa shape index (κ1) is 18.2. The highest BCUT2D eigenvalue weighted by molar-refractivity contribution is 6.30. The molecule has 0 spiro atoms. The number of nitrogens with one attached hydrogen (secondary N) is 1. The summed E-state index contributed by atoms with van der Waals surface area (Å²) in [4.78, 5) is 8.82. The molecular weight excluding hydrogens is 375 g/mol. The van der Waals surface area contributed by atoms with Crippen LogP contribution < -0.4 is 5.32 Å². The number of hydrogen-bond acceptors (Lipinski definition) is 3. The van der Waals surface area contributed by atoms with Gasteiger partial charge in [-0.3, -0.25) is 4.98 Å². The van der Waals surface area contributed by atoms with E-state index in [4.69, 9.17) is 16.6 Å². The molecule has 2 aromatic heterocycles. The minimum atomic E-state index is -0.243. The molecule has 4 rings (SSSR count). The van der Waals surface area contributed by atoms with Gasteiger partial charge in [0.1, 0.15) is 11.6 Å². The zero-order valence-corrected chi connectivity index (χ0v) is 15.8. The zero-order chi connectivity index (χ0) is 19.3. The van der Waals surface area contributed by atoms with E-state index in [0.717, 1.165) is 28.5 Å². The summed E-state index contributed by atoms with van der Waals surface area (Å²) in [5, 5.41) is 4.03. The van der Waals surface area contributed by atoms with Gasteiger partial charge in [-0.15, -0.1) is 0 Å². The third-order valence-corrected chi connectivity index (χ3v) is 4.62. The van der Waals surface area contributed by atoms with Gasteiger partial charge in [-0.2, -0.15) is 0 Å². The van der Waals surface area contributed by atoms with Crippen molar-refractivity contribution in [1.29, 1.82) is 0 Å². The van der Waals surface area contributed by atoms with Crippen LogP contribution >= 0.6 is 11.6 Å². The van der Waals surface area contributed by atoms with Crippen molar-refractivity contribution < 1.29 is 4.39 Å². The third kappa shape index (κ3) is 4.38. The van der Waals surface area contributed by atoms with Gasteiger partial charge in [-0.25, -0.2) is 9.37 Å². The van der Waals surface area contributed by atoms with E-state index in [2.05, 4.69) is 10.3 Å². The molecule has 0 unspecified atom stereocenters. The first-order valence-corrected chi connectivity index (χ1v) is 9.26. The van der Waals surface area contributed by atoms with Crippen LogP contribution in [0.2, 0.25) is 5.02 Å². The molecule has 2 aromatic carbocycles. The summed E-state index contributed by atoms with van der Waals surface area (Å²) in [5.41, 5.74) is 3.86. The fourth-order valence-corrected chi connectivity index (χ4v) is 3.08. The van der Waals surface area contributed by atoms with E-state index in [1.807, 2.05) is 47.2 Å². The molecule has 28 heavy (non-hydrogen) atoms. The molecule has 0 atom stereocenters. The Balaban J connectivity index is 1.62. The van der Waals surface area contributed by atoms with Crippen LogP contribution in [0.1, 0.15) is 17.1 Å². The molecule has 0 aliphatic heterocycles. The minimum absolute atomic E-state index is 0.243.